The van der Waals surface area contributed by atoms with E-state index in [1.807, 2.05) is 51.1 Å². The fraction of sp³-hybridized carbons (Fsp3) is 0.381. The fourth-order valence-corrected chi connectivity index (χ4v) is 2.82. The van der Waals surface area contributed by atoms with E-state index >= 15 is 0 Å². The van der Waals surface area contributed by atoms with E-state index in [-0.39, 0.29) is 11.9 Å². The van der Waals surface area contributed by atoms with Crippen LogP contribution in [-0.4, -0.2) is 19.1 Å². The molecule has 0 heterocycles. The maximum Gasteiger partial charge on any atom is 0.261 e. The van der Waals surface area contributed by atoms with Crippen molar-refractivity contribution < 1.29 is 14.3 Å². The molecule has 0 radical (unpaired) electrons. The number of carbonyl (C=O) groups excluding carboxylic acids is 1. The van der Waals surface area contributed by atoms with E-state index in [1.165, 1.54) is 0 Å². The maximum absolute atomic E-state index is 12.7. The van der Waals surface area contributed by atoms with Gasteiger partial charge in [-0.3, -0.25) is 4.79 Å². The van der Waals surface area contributed by atoms with Gasteiger partial charge in [0.15, 0.2) is 6.10 Å². The van der Waals surface area contributed by atoms with E-state index in [0.717, 1.165) is 23.3 Å². The summed E-state index contributed by atoms with van der Waals surface area (Å²) in [7, 11) is 1.63. The average Bonchev–Trinajstić information content (AvgIpc) is 2.66. The molecule has 2 rings (SSSR count). The lowest BCUT2D eigenvalue weighted by atomic mass is 10.0. The quantitative estimate of drug-likeness (QED) is 0.699. The predicted molar refractivity (Wildman–Crippen MR) is 105 cm³/mol. The molecule has 0 aliphatic carbocycles. The topological polar surface area (TPSA) is 47.6 Å². The SMILES string of the molecule is CC[C@H](NC(=O)[C@@H](CC)Oc1ccc(Cl)c(C)c1)c1ccc(OC)cc1. The lowest BCUT2D eigenvalue weighted by molar-refractivity contribution is -0.128. The second-order valence-electron chi connectivity index (χ2n) is 6.17. The van der Waals surface area contributed by atoms with Crippen molar-refractivity contribution in [3.63, 3.8) is 0 Å². The van der Waals surface area contributed by atoms with Gasteiger partial charge in [0.1, 0.15) is 11.5 Å². The molecule has 1 N–H and O–H groups in total. The van der Waals surface area contributed by atoms with Gasteiger partial charge in [-0.1, -0.05) is 37.6 Å². The molecule has 0 spiro atoms. The third-order valence-electron chi connectivity index (χ3n) is 4.31. The Morgan fingerprint density at radius 2 is 1.73 bits per heavy atom. The molecule has 0 fully saturated rings. The lowest BCUT2D eigenvalue weighted by Crippen LogP contribution is -2.39. The third kappa shape index (κ3) is 5.15. The Balaban J connectivity index is 2.06. The number of methoxy groups -OCH3 is 1. The highest BCUT2D eigenvalue weighted by Gasteiger charge is 2.22. The first-order valence-electron chi connectivity index (χ1n) is 8.85. The Morgan fingerprint density at radius 3 is 2.27 bits per heavy atom. The second-order valence-corrected chi connectivity index (χ2v) is 6.58. The molecule has 2 atom stereocenters. The van der Waals surface area contributed by atoms with Crippen LogP contribution >= 0.6 is 11.6 Å². The Bertz CT molecular complexity index is 731. The van der Waals surface area contributed by atoms with E-state index < -0.39 is 6.10 Å². The van der Waals surface area contributed by atoms with Gasteiger partial charge in [-0.15, -0.1) is 0 Å². The summed E-state index contributed by atoms with van der Waals surface area (Å²) in [5, 5.41) is 3.77. The molecule has 1 amide bonds. The number of benzene rings is 2. The molecule has 0 aromatic heterocycles. The molecule has 2 aromatic carbocycles. The van der Waals surface area contributed by atoms with Crippen molar-refractivity contribution in [2.75, 3.05) is 7.11 Å². The molecule has 0 saturated carbocycles. The van der Waals surface area contributed by atoms with Gasteiger partial charge >= 0.3 is 0 Å². The number of amides is 1. The summed E-state index contributed by atoms with van der Waals surface area (Å²) >= 11 is 6.05. The number of hydrogen-bond donors (Lipinski definition) is 1. The number of hydrogen-bond acceptors (Lipinski definition) is 3. The van der Waals surface area contributed by atoms with Crippen molar-refractivity contribution in [1.29, 1.82) is 0 Å². The Morgan fingerprint density at radius 1 is 1.08 bits per heavy atom. The van der Waals surface area contributed by atoms with Crippen molar-refractivity contribution in [3.05, 3.63) is 58.6 Å². The Hall–Kier alpha value is -2.20. The molecule has 26 heavy (non-hydrogen) atoms. The van der Waals surface area contributed by atoms with Crippen LogP contribution in [0.5, 0.6) is 11.5 Å². The molecule has 5 heteroatoms. The van der Waals surface area contributed by atoms with Crippen LogP contribution in [0.1, 0.15) is 43.9 Å². The first-order valence-corrected chi connectivity index (χ1v) is 9.23. The van der Waals surface area contributed by atoms with Gasteiger partial charge in [0.05, 0.1) is 13.2 Å². The van der Waals surface area contributed by atoms with Crippen LogP contribution in [0.2, 0.25) is 5.02 Å². The lowest BCUT2D eigenvalue weighted by Gasteiger charge is -2.23. The summed E-state index contributed by atoms with van der Waals surface area (Å²) in [6, 6.07) is 13.1. The Kier molecular flexibility index (Phi) is 7.34. The van der Waals surface area contributed by atoms with Crippen LogP contribution in [0, 0.1) is 6.92 Å². The number of aryl methyl sites for hydroxylation is 1. The minimum absolute atomic E-state index is 0.0713. The second kappa shape index (κ2) is 9.48. The van der Waals surface area contributed by atoms with Crippen molar-refractivity contribution in [1.82, 2.24) is 5.32 Å². The highest BCUT2D eigenvalue weighted by atomic mass is 35.5. The first-order chi connectivity index (χ1) is 12.5. The number of carbonyl (C=O) groups is 1. The van der Waals surface area contributed by atoms with Crippen LogP contribution < -0.4 is 14.8 Å². The van der Waals surface area contributed by atoms with Gasteiger partial charge in [0, 0.05) is 5.02 Å². The average molecular weight is 376 g/mol. The molecule has 140 valence electrons. The van der Waals surface area contributed by atoms with Crippen molar-refractivity contribution in [2.45, 2.75) is 45.8 Å². The highest BCUT2D eigenvalue weighted by Crippen LogP contribution is 2.24. The van der Waals surface area contributed by atoms with E-state index in [2.05, 4.69) is 5.32 Å². The summed E-state index contributed by atoms with van der Waals surface area (Å²) in [6.45, 7) is 5.88. The number of nitrogens with one attached hydrogen (secondary N) is 1. The zero-order valence-corrected chi connectivity index (χ0v) is 16.5. The molecule has 0 bridgehead atoms. The summed E-state index contributed by atoms with van der Waals surface area (Å²) in [5.41, 5.74) is 1.96. The first kappa shape index (κ1) is 20.1. The molecule has 0 aliphatic rings. The summed E-state index contributed by atoms with van der Waals surface area (Å²) in [5.74, 6) is 1.32. The molecular weight excluding hydrogens is 350 g/mol. The molecule has 2 aromatic rings. The number of rotatable bonds is 8. The molecule has 0 unspecified atom stereocenters. The van der Waals surface area contributed by atoms with Gasteiger partial charge in [0.25, 0.3) is 5.91 Å². The van der Waals surface area contributed by atoms with Crippen LogP contribution in [-0.2, 0) is 4.79 Å². The van der Waals surface area contributed by atoms with Gasteiger partial charge in [-0.25, -0.2) is 0 Å². The van der Waals surface area contributed by atoms with Crippen LogP contribution in [0.25, 0.3) is 0 Å². The zero-order chi connectivity index (χ0) is 19.1. The number of halogens is 1. The largest absolute Gasteiger partial charge is 0.497 e. The van der Waals surface area contributed by atoms with Crippen molar-refractivity contribution in [3.8, 4) is 11.5 Å². The molecule has 0 saturated heterocycles. The van der Waals surface area contributed by atoms with E-state index in [9.17, 15) is 4.79 Å². The monoisotopic (exact) mass is 375 g/mol. The van der Waals surface area contributed by atoms with Gasteiger partial charge in [-0.2, -0.15) is 0 Å². The predicted octanol–water partition coefficient (Wildman–Crippen LogP) is 5.08. The fourth-order valence-electron chi connectivity index (χ4n) is 2.70. The van der Waals surface area contributed by atoms with Crippen molar-refractivity contribution in [2.24, 2.45) is 0 Å². The summed E-state index contributed by atoms with van der Waals surface area (Å²) < 4.78 is 11.1. The van der Waals surface area contributed by atoms with Crippen LogP contribution in [0.3, 0.4) is 0 Å². The summed E-state index contributed by atoms with van der Waals surface area (Å²) in [4.78, 5) is 12.7. The van der Waals surface area contributed by atoms with E-state index in [4.69, 9.17) is 21.1 Å². The molecule has 0 aliphatic heterocycles. The van der Waals surface area contributed by atoms with E-state index in [1.54, 1.807) is 19.2 Å². The minimum Gasteiger partial charge on any atom is -0.497 e. The normalized spacial score (nSPS) is 13.0. The van der Waals surface area contributed by atoms with Crippen molar-refractivity contribution >= 4 is 17.5 Å². The van der Waals surface area contributed by atoms with Crippen LogP contribution in [0.15, 0.2) is 42.5 Å². The zero-order valence-electron chi connectivity index (χ0n) is 15.7. The molecule has 4 nitrogen and oxygen atoms in total. The number of ether oxygens (including phenoxy) is 2. The van der Waals surface area contributed by atoms with Gasteiger partial charge < -0.3 is 14.8 Å². The Labute approximate surface area is 160 Å². The smallest absolute Gasteiger partial charge is 0.261 e. The van der Waals surface area contributed by atoms with E-state index in [0.29, 0.717) is 17.2 Å². The highest BCUT2D eigenvalue weighted by molar-refractivity contribution is 6.31. The van der Waals surface area contributed by atoms with Gasteiger partial charge in [0.2, 0.25) is 0 Å². The molecular formula is C21H26ClNO3. The third-order valence-corrected chi connectivity index (χ3v) is 4.74. The summed E-state index contributed by atoms with van der Waals surface area (Å²) in [6.07, 6.45) is 0.809. The maximum atomic E-state index is 12.7. The van der Waals surface area contributed by atoms with Gasteiger partial charge in [-0.05, 0) is 61.2 Å². The minimum atomic E-state index is -0.553. The standard InChI is InChI=1S/C21H26ClNO3/c1-5-19(15-7-9-16(25-4)10-8-15)23-21(24)20(6-2)26-17-11-12-18(22)14(3)13-17/h7-13,19-20H,5-6H2,1-4H3,(H,23,24)/t19-,20+/m0/s1. The van der Waals surface area contributed by atoms with Crippen LogP contribution in [0.4, 0.5) is 0 Å².